The molecule has 0 spiro atoms. The smallest absolute Gasteiger partial charge is 0.311 e. The summed E-state index contributed by atoms with van der Waals surface area (Å²) in [5, 5.41) is 45.1. The average Bonchev–Trinajstić information content (AvgIpc) is 2.92. The van der Waals surface area contributed by atoms with E-state index in [1.807, 2.05) is 25.9 Å². The fraction of sp³-hybridized carbons (Fsp3) is 0.933. The van der Waals surface area contributed by atoms with E-state index in [4.69, 9.17) is 18.9 Å². The summed E-state index contributed by atoms with van der Waals surface area (Å²) in [5.41, 5.74) is -3.11. The molecule has 240 valence electrons. The van der Waals surface area contributed by atoms with Gasteiger partial charge in [0, 0.05) is 30.9 Å². The zero-order valence-corrected chi connectivity index (χ0v) is 26.7. The number of rotatable bonds is 5. The maximum atomic E-state index is 13.6. The molecule has 2 rings (SSSR count). The van der Waals surface area contributed by atoms with E-state index in [0.717, 1.165) is 0 Å². The van der Waals surface area contributed by atoms with Gasteiger partial charge in [-0.05, 0) is 61.1 Å². The van der Waals surface area contributed by atoms with Crippen molar-refractivity contribution in [2.24, 2.45) is 23.7 Å². The summed E-state index contributed by atoms with van der Waals surface area (Å²) in [5.74, 6) is -4.49. The maximum Gasteiger partial charge on any atom is 0.311 e. The third-order valence-electron chi connectivity index (χ3n) is 9.52. The molecule has 0 radical (unpaired) electrons. The number of hydrogen-bond donors (Lipinski definition) is 4. The number of methoxy groups -OCH3 is 1. The second-order valence-electron chi connectivity index (χ2n) is 13.1. The van der Waals surface area contributed by atoms with Gasteiger partial charge in [-0.1, -0.05) is 27.7 Å². The fourth-order valence-corrected chi connectivity index (χ4v) is 6.59. The monoisotopic (exact) mass is 589 g/mol. The molecular weight excluding hydrogens is 534 g/mol. The van der Waals surface area contributed by atoms with Gasteiger partial charge in [0.25, 0.3) is 0 Å². The van der Waals surface area contributed by atoms with Crippen LogP contribution in [0.2, 0.25) is 0 Å². The van der Waals surface area contributed by atoms with Crippen molar-refractivity contribution in [3.8, 4) is 0 Å². The van der Waals surface area contributed by atoms with Crippen LogP contribution < -0.4 is 0 Å². The number of ether oxygens (including phenoxy) is 4. The molecule has 4 N–H and O–H groups in total. The molecule has 0 aromatic carbocycles. The first-order valence-electron chi connectivity index (χ1n) is 14.9. The molecule has 1 unspecified atom stereocenters. The third-order valence-corrected chi connectivity index (χ3v) is 9.52. The van der Waals surface area contributed by atoms with Crippen LogP contribution in [0.1, 0.15) is 74.7 Å². The lowest BCUT2D eigenvalue weighted by molar-refractivity contribution is -0.301. The van der Waals surface area contributed by atoms with Gasteiger partial charge in [-0.15, -0.1) is 0 Å². The standard InChI is InChI=1S/C30H55NO10/c1-12-21-30(8,37)25(35)17(4)22(32)15(2)14-29(7,38-11)26(18(5)23(33)19(6)27(36)40-21)41-28-24(34)20(31(9)10)13-16(3)39-28/h15-21,23-26,28,33-35,37H,12-14H2,1-11H3/t15-,16-,17+,18+,19-,20+,21?,23+,24-,25-,26-,28+,29-,30-/m1/s1. The van der Waals surface area contributed by atoms with Crippen LogP contribution in [-0.4, -0.2) is 118 Å². The Kier molecular flexibility index (Phi) is 12.4. The molecule has 14 atom stereocenters. The van der Waals surface area contributed by atoms with Crippen LogP contribution in [0.25, 0.3) is 0 Å². The molecule has 2 aliphatic heterocycles. The van der Waals surface area contributed by atoms with Gasteiger partial charge in [0.1, 0.15) is 23.6 Å². The average molecular weight is 590 g/mol. The molecule has 0 saturated carbocycles. The Labute approximate surface area is 245 Å². The minimum atomic E-state index is -1.91. The predicted octanol–water partition coefficient (Wildman–Crippen LogP) is 1.51. The Balaban J connectivity index is 2.60. The number of likely N-dealkylation sites (N-methyl/N-ethyl adjacent to an activating group) is 1. The number of nitrogens with zero attached hydrogens (tertiary/aromatic N) is 1. The van der Waals surface area contributed by atoms with Gasteiger partial charge in [0.15, 0.2) is 6.29 Å². The first kappa shape index (κ1) is 36.0. The molecule has 2 fully saturated rings. The summed E-state index contributed by atoms with van der Waals surface area (Å²) >= 11 is 0. The number of carbonyl (C=O) groups excluding carboxylic acids is 2. The molecule has 11 nitrogen and oxygen atoms in total. The number of hydrogen-bond acceptors (Lipinski definition) is 11. The van der Waals surface area contributed by atoms with Gasteiger partial charge < -0.3 is 44.3 Å². The summed E-state index contributed by atoms with van der Waals surface area (Å²) in [6.07, 6.45) is -6.25. The second-order valence-corrected chi connectivity index (χ2v) is 13.1. The van der Waals surface area contributed by atoms with Crippen molar-refractivity contribution in [3.05, 3.63) is 0 Å². The zero-order valence-electron chi connectivity index (χ0n) is 26.7. The molecule has 2 saturated heterocycles. The Morgan fingerprint density at radius 3 is 2.10 bits per heavy atom. The molecule has 0 amide bonds. The summed E-state index contributed by atoms with van der Waals surface area (Å²) in [6.45, 7) is 13.2. The van der Waals surface area contributed by atoms with Crippen LogP contribution in [0.15, 0.2) is 0 Å². The van der Waals surface area contributed by atoms with Crippen molar-refractivity contribution >= 4 is 11.8 Å². The first-order valence-corrected chi connectivity index (χ1v) is 14.9. The van der Waals surface area contributed by atoms with E-state index < -0.39 is 77.7 Å². The van der Waals surface area contributed by atoms with Crippen molar-refractivity contribution < 1.29 is 49.0 Å². The van der Waals surface area contributed by atoms with Gasteiger partial charge in [0.05, 0.1) is 35.9 Å². The number of aliphatic hydroxyl groups is 4. The van der Waals surface area contributed by atoms with E-state index in [0.29, 0.717) is 6.42 Å². The number of cyclic esters (lactones) is 1. The van der Waals surface area contributed by atoms with E-state index in [2.05, 4.69) is 0 Å². The number of aliphatic hydroxyl groups excluding tert-OH is 3. The van der Waals surface area contributed by atoms with E-state index in [1.165, 1.54) is 21.0 Å². The Morgan fingerprint density at radius 2 is 1.59 bits per heavy atom. The maximum absolute atomic E-state index is 13.6. The molecule has 2 heterocycles. The summed E-state index contributed by atoms with van der Waals surface area (Å²) < 4.78 is 24.2. The molecule has 0 aromatic rings. The lowest BCUT2D eigenvalue weighted by Gasteiger charge is -2.48. The molecule has 11 heteroatoms. The summed E-state index contributed by atoms with van der Waals surface area (Å²) in [6, 6.07) is -0.244. The van der Waals surface area contributed by atoms with Crippen molar-refractivity contribution in [2.45, 2.75) is 135 Å². The molecule has 41 heavy (non-hydrogen) atoms. The van der Waals surface area contributed by atoms with Gasteiger partial charge in [-0.3, -0.25) is 9.59 Å². The Bertz CT molecular complexity index is 883. The first-order chi connectivity index (χ1) is 18.8. The van der Waals surface area contributed by atoms with Crippen LogP contribution in [0.3, 0.4) is 0 Å². The third kappa shape index (κ3) is 7.67. The highest BCUT2D eigenvalue weighted by atomic mass is 16.7. The second kappa shape index (κ2) is 14.1. The van der Waals surface area contributed by atoms with Crippen molar-refractivity contribution in [1.82, 2.24) is 4.90 Å². The quantitative estimate of drug-likeness (QED) is 0.345. The van der Waals surface area contributed by atoms with Crippen LogP contribution in [0, 0.1) is 23.7 Å². The number of carbonyl (C=O) groups is 2. The normalized spacial score (nSPS) is 47.6. The van der Waals surface area contributed by atoms with Crippen molar-refractivity contribution in [3.63, 3.8) is 0 Å². The van der Waals surface area contributed by atoms with E-state index in [-0.39, 0.29) is 30.8 Å². The molecule has 0 aromatic heterocycles. The minimum absolute atomic E-state index is 0.134. The van der Waals surface area contributed by atoms with Crippen molar-refractivity contribution in [1.29, 1.82) is 0 Å². The van der Waals surface area contributed by atoms with Gasteiger partial charge in [-0.2, -0.15) is 0 Å². The van der Waals surface area contributed by atoms with Crippen LogP contribution in [-0.2, 0) is 28.5 Å². The van der Waals surface area contributed by atoms with Crippen molar-refractivity contribution in [2.75, 3.05) is 21.2 Å². The molecule has 2 aliphatic rings. The number of esters is 1. The van der Waals surface area contributed by atoms with Crippen LogP contribution >= 0.6 is 0 Å². The largest absolute Gasteiger partial charge is 0.459 e. The number of ketones is 1. The molecule has 0 bridgehead atoms. The van der Waals surface area contributed by atoms with Gasteiger partial charge in [-0.25, -0.2) is 0 Å². The lowest BCUT2D eigenvalue weighted by atomic mass is 9.74. The molecular formula is C30H55NO10. The topological polar surface area (TPSA) is 155 Å². The molecule has 0 aliphatic carbocycles. The highest BCUT2D eigenvalue weighted by molar-refractivity contribution is 5.83. The number of Topliss-reactive ketones (excluding diaryl/α,β-unsaturated/α-hetero) is 1. The van der Waals surface area contributed by atoms with Crippen LogP contribution in [0.5, 0.6) is 0 Å². The fourth-order valence-electron chi connectivity index (χ4n) is 6.59. The zero-order chi connectivity index (χ0) is 31.6. The predicted molar refractivity (Wildman–Crippen MR) is 152 cm³/mol. The van der Waals surface area contributed by atoms with E-state index in [1.54, 1.807) is 34.6 Å². The summed E-state index contributed by atoms with van der Waals surface area (Å²) in [7, 11) is 5.21. The van der Waals surface area contributed by atoms with Crippen LogP contribution in [0.4, 0.5) is 0 Å². The Morgan fingerprint density at radius 1 is 1.00 bits per heavy atom. The minimum Gasteiger partial charge on any atom is -0.459 e. The Hall–Kier alpha value is -1.18. The van der Waals surface area contributed by atoms with Gasteiger partial charge in [0.2, 0.25) is 0 Å². The lowest BCUT2D eigenvalue weighted by Crippen LogP contribution is -2.60. The van der Waals surface area contributed by atoms with E-state index in [9.17, 15) is 30.0 Å². The van der Waals surface area contributed by atoms with Gasteiger partial charge >= 0.3 is 5.97 Å². The van der Waals surface area contributed by atoms with E-state index >= 15 is 0 Å². The summed E-state index contributed by atoms with van der Waals surface area (Å²) in [4.78, 5) is 28.8. The SMILES string of the molecule is CCC1OC(=O)[C@H](C)[C@@H](O)[C@H](C)[C@@H](O[C@@H]2O[C@H](C)C[C@H](N(C)C)[C@H]2O)[C@](C)(OC)C[C@@H](C)C(=O)[C@H](C)[C@@H](O)[C@]1(C)O. The highest BCUT2D eigenvalue weighted by Crippen LogP contribution is 2.39. The highest BCUT2D eigenvalue weighted by Gasteiger charge is 2.51.